The van der Waals surface area contributed by atoms with Gasteiger partial charge in [-0.1, -0.05) is 12.1 Å². The van der Waals surface area contributed by atoms with Crippen LogP contribution in [0.1, 0.15) is 28.9 Å². The molecule has 0 unspecified atom stereocenters. The third kappa shape index (κ3) is 4.02. The van der Waals surface area contributed by atoms with E-state index in [-0.39, 0.29) is 12.0 Å². The van der Waals surface area contributed by atoms with Crippen LogP contribution in [0.3, 0.4) is 0 Å². The molecular formula is C18H19IN2O2. The Bertz CT molecular complexity index is 680. The predicted octanol–water partition coefficient (Wildman–Crippen LogP) is 3.68. The monoisotopic (exact) mass is 422 g/mol. The van der Waals surface area contributed by atoms with E-state index in [0.29, 0.717) is 0 Å². The fourth-order valence-electron chi connectivity index (χ4n) is 2.70. The zero-order valence-electron chi connectivity index (χ0n) is 13.0. The van der Waals surface area contributed by atoms with Crippen LogP contribution in [0, 0.1) is 10.5 Å². The molecule has 5 heteroatoms. The Morgan fingerprint density at radius 2 is 1.96 bits per heavy atom. The lowest BCUT2D eigenvalue weighted by atomic mass is 10.1. The Labute approximate surface area is 150 Å². The molecule has 2 aromatic rings. The van der Waals surface area contributed by atoms with Gasteiger partial charge in [-0.3, -0.25) is 9.78 Å². The Morgan fingerprint density at radius 1 is 1.22 bits per heavy atom. The number of carbonyl (C=O) groups excluding carboxylic acids is 1. The lowest BCUT2D eigenvalue weighted by Gasteiger charge is -2.32. The van der Waals surface area contributed by atoms with E-state index < -0.39 is 0 Å². The molecule has 1 saturated heterocycles. The van der Waals surface area contributed by atoms with Gasteiger partial charge in [0, 0.05) is 35.2 Å². The maximum atomic E-state index is 12.6. The van der Waals surface area contributed by atoms with Crippen LogP contribution in [0.4, 0.5) is 0 Å². The van der Waals surface area contributed by atoms with Crippen molar-refractivity contribution >= 4 is 28.5 Å². The maximum absolute atomic E-state index is 12.6. The van der Waals surface area contributed by atoms with Crippen molar-refractivity contribution in [2.75, 3.05) is 13.1 Å². The molecule has 1 aromatic heterocycles. The van der Waals surface area contributed by atoms with Gasteiger partial charge in [-0.2, -0.15) is 0 Å². The fraction of sp³-hybridized carbons (Fsp3) is 0.333. The first-order valence-corrected chi connectivity index (χ1v) is 8.84. The number of pyridine rings is 1. The third-order valence-electron chi connectivity index (χ3n) is 4.02. The number of piperidine rings is 1. The predicted molar refractivity (Wildman–Crippen MR) is 97.7 cm³/mol. The summed E-state index contributed by atoms with van der Waals surface area (Å²) in [5, 5.41) is 0. The summed E-state index contributed by atoms with van der Waals surface area (Å²) in [5.41, 5.74) is 1.77. The number of carbonyl (C=O) groups is 1. The van der Waals surface area contributed by atoms with Crippen molar-refractivity contribution in [3.05, 3.63) is 57.4 Å². The third-order valence-corrected chi connectivity index (χ3v) is 4.96. The molecule has 0 bridgehead atoms. The average Bonchev–Trinajstić information content (AvgIpc) is 2.57. The molecule has 2 heterocycles. The Morgan fingerprint density at radius 3 is 2.61 bits per heavy atom. The molecule has 0 saturated carbocycles. The van der Waals surface area contributed by atoms with E-state index in [1.54, 1.807) is 6.20 Å². The van der Waals surface area contributed by atoms with E-state index in [1.165, 1.54) is 0 Å². The number of likely N-dealkylation sites (tertiary alicyclic amines) is 1. The first-order chi connectivity index (χ1) is 11.1. The number of hydrogen-bond donors (Lipinski definition) is 0. The number of benzene rings is 1. The summed E-state index contributed by atoms with van der Waals surface area (Å²) in [4.78, 5) is 18.8. The zero-order chi connectivity index (χ0) is 16.2. The highest BCUT2D eigenvalue weighted by molar-refractivity contribution is 14.1. The molecule has 1 amide bonds. The lowest BCUT2D eigenvalue weighted by Crippen LogP contribution is -2.42. The van der Waals surface area contributed by atoms with Crippen LogP contribution < -0.4 is 4.74 Å². The summed E-state index contributed by atoms with van der Waals surface area (Å²) in [7, 11) is 0. The molecule has 0 atom stereocenters. The van der Waals surface area contributed by atoms with Crippen molar-refractivity contribution < 1.29 is 9.53 Å². The molecule has 1 aliphatic heterocycles. The van der Waals surface area contributed by atoms with Gasteiger partial charge in [-0.05, 0) is 53.8 Å². The lowest BCUT2D eigenvalue weighted by molar-refractivity contribution is 0.0594. The van der Waals surface area contributed by atoms with E-state index in [9.17, 15) is 4.79 Å². The van der Waals surface area contributed by atoms with Gasteiger partial charge >= 0.3 is 0 Å². The summed E-state index contributed by atoms with van der Waals surface area (Å²) < 4.78 is 6.97. The number of aromatic nitrogens is 1. The number of nitrogens with zero attached hydrogens (tertiary/aromatic N) is 2. The van der Waals surface area contributed by atoms with Crippen molar-refractivity contribution in [2.24, 2.45) is 0 Å². The van der Waals surface area contributed by atoms with Gasteiger partial charge in [-0.15, -0.1) is 0 Å². The number of amides is 1. The van der Waals surface area contributed by atoms with Gasteiger partial charge in [0.2, 0.25) is 0 Å². The largest absolute Gasteiger partial charge is 0.489 e. The molecule has 1 aliphatic rings. The average molecular weight is 422 g/mol. The first-order valence-electron chi connectivity index (χ1n) is 7.76. The molecular weight excluding hydrogens is 403 g/mol. The smallest absolute Gasteiger partial charge is 0.254 e. The molecule has 0 radical (unpaired) electrons. The minimum Gasteiger partial charge on any atom is -0.489 e. The van der Waals surface area contributed by atoms with Gasteiger partial charge in [0.1, 0.15) is 11.9 Å². The van der Waals surface area contributed by atoms with Crippen molar-refractivity contribution in [1.29, 1.82) is 0 Å². The van der Waals surface area contributed by atoms with Crippen molar-refractivity contribution in [2.45, 2.75) is 25.9 Å². The van der Waals surface area contributed by atoms with Crippen LogP contribution >= 0.6 is 22.6 Å². The second-order valence-electron chi connectivity index (χ2n) is 5.72. The topological polar surface area (TPSA) is 42.4 Å². The molecule has 120 valence electrons. The number of hydrogen-bond acceptors (Lipinski definition) is 3. The van der Waals surface area contributed by atoms with Gasteiger partial charge in [0.15, 0.2) is 0 Å². The molecule has 3 rings (SSSR count). The highest BCUT2D eigenvalue weighted by Crippen LogP contribution is 2.21. The minimum atomic E-state index is 0.116. The first kappa shape index (κ1) is 16.2. The van der Waals surface area contributed by atoms with E-state index in [1.807, 2.05) is 48.2 Å². The maximum Gasteiger partial charge on any atom is 0.254 e. The van der Waals surface area contributed by atoms with E-state index in [2.05, 4.69) is 27.6 Å². The Hall–Kier alpha value is -1.63. The van der Waals surface area contributed by atoms with Crippen molar-refractivity contribution in [3.63, 3.8) is 0 Å². The van der Waals surface area contributed by atoms with Crippen LogP contribution in [0.2, 0.25) is 0 Å². The quantitative estimate of drug-likeness (QED) is 0.709. The molecule has 0 aliphatic carbocycles. The van der Waals surface area contributed by atoms with E-state index >= 15 is 0 Å². The highest BCUT2D eigenvalue weighted by Gasteiger charge is 2.25. The standard InChI is InChI=1S/C18H19IN2O2/c1-13-6-7-15(12-20-13)23-14-8-10-21(11-9-14)18(22)16-4-2-3-5-17(16)19/h2-7,12,14H,8-11H2,1H3. The molecule has 0 spiro atoms. The summed E-state index contributed by atoms with van der Waals surface area (Å²) in [6, 6.07) is 11.6. The number of rotatable bonds is 3. The summed E-state index contributed by atoms with van der Waals surface area (Å²) >= 11 is 2.21. The normalized spacial score (nSPS) is 15.5. The van der Waals surface area contributed by atoms with Crippen molar-refractivity contribution in [3.8, 4) is 5.75 Å². The summed E-state index contributed by atoms with van der Waals surface area (Å²) in [6.45, 7) is 3.42. The zero-order valence-corrected chi connectivity index (χ0v) is 15.2. The van der Waals surface area contributed by atoms with Gasteiger partial charge < -0.3 is 9.64 Å². The highest BCUT2D eigenvalue weighted by atomic mass is 127. The van der Waals surface area contributed by atoms with Crippen LogP contribution in [-0.4, -0.2) is 35.0 Å². The second-order valence-corrected chi connectivity index (χ2v) is 6.89. The Balaban J connectivity index is 1.57. The summed E-state index contributed by atoms with van der Waals surface area (Å²) in [5.74, 6) is 0.920. The van der Waals surface area contributed by atoms with Crippen LogP contribution in [0.5, 0.6) is 5.75 Å². The molecule has 1 aromatic carbocycles. The van der Waals surface area contributed by atoms with Gasteiger partial charge in [-0.25, -0.2) is 0 Å². The van der Waals surface area contributed by atoms with Crippen LogP contribution in [0.15, 0.2) is 42.6 Å². The molecule has 1 fully saturated rings. The molecule has 4 nitrogen and oxygen atoms in total. The van der Waals surface area contributed by atoms with Gasteiger partial charge in [0.05, 0.1) is 11.8 Å². The number of halogens is 1. The molecule has 23 heavy (non-hydrogen) atoms. The Kier molecular flexibility index (Phi) is 5.15. The van der Waals surface area contributed by atoms with E-state index in [0.717, 1.165) is 46.5 Å². The van der Waals surface area contributed by atoms with Gasteiger partial charge in [0.25, 0.3) is 5.91 Å². The number of ether oxygens (including phenoxy) is 1. The van der Waals surface area contributed by atoms with Crippen LogP contribution in [-0.2, 0) is 0 Å². The van der Waals surface area contributed by atoms with E-state index in [4.69, 9.17) is 4.74 Å². The SMILES string of the molecule is Cc1ccc(OC2CCN(C(=O)c3ccccc3I)CC2)cn1. The second kappa shape index (κ2) is 7.29. The van der Waals surface area contributed by atoms with Crippen molar-refractivity contribution in [1.82, 2.24) is 9.88 Å². The minimum absolute atomic E-state index is 0.116. The fourth-order valence-corrected chi connectivity index (χ4v) is 3.32. The number of aryl methyl sites for hydroxylation is 1. The summed E-state index contributed by atoms with van der Waals surface area (Å²) in [6.07, 6.45) is 3.61. The molecule has 0 N–H and O–H groups in total. The van der Waals surface area contributed by atoms with Crippen LogP contribution in [0.25, 0.3) is 0 Å².